The molecule has 0 aliphatic heterocycles. The van der Waals surface area contributed by atoms with Crippen LogP contribution < -0.4 is 15.4 Å². The van der Waals surface area contributed by atoms with Gasteiger partial charge in [0.1, 0.15) is 5.75 Å². The van der Waals surface area contributed by atoms with Crippen molar-refractivity contribution in [2.24, 2.45) is 5.92 Å². The second kappa shape index (κ2) is 9.75. The minimum atomic E-state index is -0.706. The largest absolute Gasteiger partial charge is 0.496 e. The maximum atomic E-state index is 12.2. The number of ether oxygens (including phenoxy) is 1. The Morgan fingerprint density at radius 1 is 1.26 bits per heavy atom. The van der Waals surface area contributed by atoms with Crippen molar-refractivity contribution in [3.05, 3.63) is 30.8 Å². The zero-order chi connectivity index (χ0) is 19.8. The number of rotatable bonds is 8. The van der Waals surface area contributed by atoms with Gasteiger partial charge in [-0.15, -0.1) is 0 Å². The molecule has 1 aromatic carbocycles. The summed E-state index contributed by atoms with van der Waals surface area (Å²) in [6.45, 7) is 6.13. The van der Waals surface area contributed by atoms with Crippen molar-refractivity contribution < 1.29 is 18.7 Å². The molecule has 7 nitrogen and oxygen atoms in total. The number of carbonyl (C=O) groups excluding carboxylic acids is 2. The van der Waals surface area contributed by atoms with Crippen LogP contribution in [-0.2, 0) is 9.59 Å². The smallest absolute Gasteiger partial charge is 0.313 e. The molecule has 0 spiro atoms. The van der Waals surface area contributed by atoms with Crippen molar-refractivity contribution in [2.75, 3.05) is 12.4 Å². The van der Waals surface area contributed by atoms with Gasteiger partial charge in [-0.1, -0.05) is 26.7 Å². The van der Waals surface area contributed by atoms with Gasteiger partial charge in [-0.05, 0) is 31.4 Å². The molecule has 7 heteroatoms. The van der Waals surface area contributed by atoms with E-state index in [9.17, 15) is 9.59 Å². The molecular formula is C20H27N3O4. The summed E-state index contributed by atoms with van der Waals surface area (Å²) in [5, 5.41) is 5.40. The van der Waals surface area contributed by atoms with E-state index in [0.717, 1.165) is 19.3 Å². The highest BCUT2D eigenvalue weighted by atomic mass is 16.5. The number of oxazole rings is 1. The Kier molecular flexibility index (Phi) is 7.40. The molecule has 2 rings (SSSR count). The highest BCUT2D eigenvalue weighted by Gasteiger charge is 2.21. The van der Waals surface area contributed by atoms with E-state index in [1.165, 1.54) is 13.5 Å². The maximum Gasteiger partial charge on any atom is 0.313 e. The molecule has 1 heterocycles. The fourth-order valence-corrected chi connectivity index (χ4v) is 3.08. The first-order valence-corrected chi connectivity index (χ1v) is 9.18. The first kappa shape index (κ1) is 20.5. The van der Waals surface area contributed by atoms with E-state index in [0.29, 0.717) is 28.7 Å². The number of hydrogen-bond donors (Lipinski definition) is 2. The van der Waals surface area contributed by atoms with Crippen molar-refractivity contribution in [3.63, 3.8) is 0 Å². The van der Waals surface area contributed by atoms with E-state index in [1.807, 2.05) is 6.92 Å². The van der Waals surface area contributed by atoms with E-state index in [4.69, 9.17) is 9.15 Å². The quantitative estimate of drug-likeness (QED) is 0.689. The van der Waals surface area contributed by atoms with Crippen LogP contribution in [0.1, 0.15) is 40.0 Å². The fraction of sp³-hybridized carbons (Fsp3) is 0.450. The van der Waals surface area contributed by atoms with Gasteiger partial charge in [-0.3, -0.25) is 9.59 Å². The lowest BCUT2D eigenvalue weighted by Crippen LogP contribution is -2.43. The minimum Gasteiger partial charge on any atom is -0.496 e. The Morgan fingerprint density at radius 2 is 2.04 bits per heavy atom. The second-order valence-corrected chi connectivity index (χ2v) is 6.45. The van der Waals surface area contributed by atoms with Gasteiger partial charge >= 0.3 is 11.8 Å². The number of nitrogens with one attached hydrogen (secondary N) is 2. The molecule has 2 atom stereocenters. The zero-order valence-electron chi connectivity index (χ0n) is 16.2. The van der Waals surface area contributed by atoms with Crippen LogP contribution in [0.25, 0.3) is 11.3 Å². The lowest BCUT2D eigenvalue weighted by molar-refractivity contribution is -0.136. The Hall–Kier alpha value is -2.83. The third kappa shape index (κ3) is 5.32. The Labute approximate surface area is 159 Å². The van der Waals surface area contributed by atoms with E-state index >= 15 is 0 Å². The normalized spacial score (nSPS) is 12.9. The van der Waals surface area contributed by atoms with Crippen molar-refractivity contribution >= 4 is 17.5 Å². The highest BCUT2D eigenvalue weighted by Crippen LogP contribution is 2.32. The molecule has 2 aromatic rings. The monoisotopic (exact) mass is 373 g/mol. The average molecular weight is 373 g/mol. The Balaban J connectivity index is 2.03. The summed E-state index contributed by atoms with van der Waals surface area (Å²) < 4.78 is 10.6. The Bertz CT molecular complexity index is 759. The number of methoxy groups -OCH3 is 1. The molecule has 1 aromatic heterocycles. The van der Waals surface area contributed by atoms with Crippen LogP contribution in [0.5, 0.6) is 5.75 Å². The third-order valence-corrected chi connectivity index (χ3v) is 4.61. The third-order valence-electron chi connectivity index (χ3n) is 4.61. The van der Waals surface area contributed by atoms with Crippen LogP contribution in [-0.4, -0.2) is 29.9 Å². The van der Waals surface area contributed by atoms with E-state index in [-0.39, 0.29) is 6.04 Å². The SMILES string of the molecule is CCCC(CC)C(C)NC(=O)C(=O)Nc1ccc(-c2cnco2)c(OC)c1. The lowest BCUT2D eigenvalue weighted by atomic mass is 9.93. The minimum absolute atomic E-state index is 0.0587. The van der Waals surface area contributed by atoms with Gasteiger partial charge < -0.3 is 19.8 Å². The predicted octanol–water partition coefficient (Wildman–Crippen LogP) is 3.62. The predicted molar refractivity (Wildman–Crippen MR) is 103 cm³/mol. The van der Waals surface area contributed by atoms with Gasteiger partial charge in [0.2, 0.25) is 0 Å². The topological polar surface area (TPSA) is 93.5 Å². The second-order valence-electron chi connectivity index (χ2n) is 6.45. The van der Waals surface area contributed by atoms with Gasteiger partial charge in [0.15, 0.2) is 12.2 Å². The number of amides is 2. The van der Waals surface area contributed by atoms with Gasteiger partial charge in [-0.25, -0.2) is 4.98 Å². The van der Waals surface area contributed by atoms with Gasteiger partial charge in [0.05, 0.1) is 18.9 Å². The molecule has 27 heavy (non-hydrogen) atoms. The van der Waals surface area contributed by atoms with Crippen LogP contribution >= 0.6 is 0 Å². The number of benzene rings is 1. The summed E-state index contributed by atoms with van der Waals surface area (Å²) in [4.78, 5) is 28.3. The summed E-state index contributed by atoms with van der Waals surface area (Å²) in [5.41, 5.74) is 1.17. The van der Waals surface area contributed by atoms with Gasteiger partial charge in [0, 0.05) is 17.8 Å². The molecule has 0 aliphatic carbocycles. The first-order chi connectivity index (χ1) is 13.0. The molecule has 2 N–H and O–H groups in total. The van der Waals surface area contributed by atoms with Gasteiger partial charge in [-0.2, -0.15) is 0 Å². The summed E-state index contributed by atoms with van der Waals surface area (Å²) in [6, 6.07) is 5.00. The number of hydrogen-bond acceptors (Lipinski definition) is 5. The first-order valence-electron chi connectivity index (χ1n) is 9.18. The molecule has 0 saturated carbocycles. The Morgan fingerprint density at radius 3 is 2.63 bits per heavy atom. The molecule has 2 unspecified atom stereocenters. The summed E-state index contributed by atoms with van der Waals surface area (Å²) >= 11 is 0. The molecule has 0 fully saturated rings. The number of aromatic nitrogens is 1. The molecule has 0 saturated heterocycles. The number of anilines is 1. The van der Waals surface area contributed by atoms with Crippen molar-refractivity contribution in [1.82, 2.24) is 10.3 Å². The molecule has 0 aliphatic rings. The average Bonchev–Trinajstić information content (AvgIpc) is 3.20. The van der Waals surface area contributed by atoms with E-state index in [1.54, 1.807) is 24.4 Å². The highest BCUT2D eigenvalue weighted by molar-refractivity contribution is 6.39. The summed E-state index contributed by atoms with van der Waals surface area (Å²) in [7, 11) is 1.52. The standard InChI is InChI=1S/C20H27N3O4/c1-5-7-14(6-2)13(3)22-19(24)20(25)23-15-8-9-16(17(10-15)26-4)18-11-21-12-27-18/h8-14H,5-7H2,1-4H3,(H,22,24)(H,23,25). The van der Waals surface area contributed by atoms with Crippen LogP contribution in [0.4, 0.5) is 5.69 Å². The van der Waals surface area contributed by atoms with Crippen LogP contribution in [0.3, 0.4) is 0 Å². The van der Waals surface area contributed by atoms with E-state index < -0.39 is 11.8 Å². The number of carbonyl (C=O) groups is 2. The van der Waals surface area contributed by atoms with Crippen molar-refractivity contribution in [3.8, 4) is 17.1 Å². The van der Waals surface area contributed by atoms with Crippen LogP contribution in [0.2, 0.25) is 0 Å². The van der Waals surface area contributed by atoms with Crippen LogP contribution in [0, 0.1) is 5.92 Å². The lowest BCUT2D eigenvalue weighted by Gasteiger charge is -2.23. The fourth-order valence-electron chi connectivity index (χ4n) is 3.08. The molecular weight excluding hydrogens is 346 g/mol. The number of nitrogens with zero attached hydrogens (tertiary/aromatic N) is 1. The molecule has 2 amide bonds. The molecule has 146 valence electrons. The van der Waals surface area contributed by atoms with Crippen LogP contribution in [0.15, 0.2) is 35.2 Å². The maximum absolute atomic E-state index is 12.2. The summed E-state index contributed by atoms with van der Waals surface area (Å²) in [6.07, 6.45) is 5.92. The molecule has 0 bridgehead atoms. The molecule has 0 radical (unpaired) electrons. The van der Waals surface area contributed by atoms with Crippen molar-refractivity contribution in [1.29, 1.82) is 0 Å². The van der Waals surface area contributed by atoms with E-state index in [2.05, 4.69) is 29.5 Å². The summed E-state index contributed by atoms with van der Waals surface area (Å²) in [5.74, 6) is 0.0659. The van der Waals surface area contributed by atoms with Gasteiger partial charge in [0.25, 0.3) is 0 Å². The van der Waals surface area contributed by atoms with Crippen molar-refractivity contribution in [2.45, 2.75) is 46.1 Å². The zero-order valence-corrected chi connectivity index (χ0v) is 16.2.